The van der Waals surface area contributed by atoms with Crippen LogP contribution in [0.1, 0.15) is 25.5 Å². The van der Waals surface area contributed by atoms with Crippen LogP contribution in [-0.2, 0) is 4.79 Å². The summed E-state index contributed by atoms with van der Waals surface area (Å²) in [6.45, 7) is 3.28. The van der Waals surface area contributed by atoms with Crippen molar-refractivity contribution in [1.82, 2.24) is 20.2 Å². The minimum Gasteiger partial charge on any atom is -0.352 e. The van der Waals surface area contributed by atoms with Gasteiger partial charge in [-0.05, 0) is 26.7 Å². The molecular weight excluding hydrogens is 254 g/mol. The quantitative estimate of drug-likeness (QED) is 0.560. The van der Waals surface area contributed by atoms with E-state index in [9.17, 15) is 9.59 Å². The number of nitrogens with two attached hydrogens (primary N) is 1. The molecule has 1 aromatic rings. The van der Waals surface area contributed by atoms with Crippen molar-refractivity contribution in [3.8, 4) is 0 Å². The molecule has 3 N–H and O–H groups in total. The van der Waals surface area contributed by atoms with Crippen LogP contribution in [0.5, 0.6) is 0 Å². The van der Waals surface area contributed by atoms with Crippen LogP contribution < -0.4 is 16.7 Å². The lowest BCUT2D eigenvalue weighted by Gasteiger charge is -2.12. The Morgan fingerprint density at radius 3 is 2.83 bits per heavy atom. The Morgan fingerprint density at radius 1 is 1.56 bits per heavy atom. The van der Waals surface area contributed by atoms with E-state index in [1.807, 2.05) is 0 Å². The molecule has 1 atom stereocenters. The molecular formula is C10H15N5O2S. The van der Waals surface area contributed by atoms with Gasteiger partial charge in [0.1, 0.15) is 5.69 Å². The van der Waals surface area contributed by atoms with Crippen LogP contribution in [0.2, 0.25) is 0 Å². The normalized spacial score (nSPS) is 16.3. The van der Waals surface area contributed by atoms with Gasteiger partial charge in [-0.2, -0.15) is 4.68 Å². The third-order valence-corrected chi connectivity index (χ3v) is 3.65. The smallest absolute Gasteiger partial charge is 0.294 e. The minimum atomic E-state index is -0.401. The molecule has 1 amide bonds. The van der Waals surface area contributed by atoms with E-state index in [2.05, 4.69) is 15.5 Å². The van der Waals surface area contributed by atoms with Gasteiger partial charge in [0.15, 0.2) is 0 Å². The lowest BCUT2D eigenvalue weighted by atomic mass is 10.4. The molecule has 1 aliphatic rings. The van der Waals surface area contributed by atoms with Crippen molar-refractivity contribution in [1.29, 1.82) is 0 Å². The van der Waals surface area contributed by atoms with Gasteiger partial charge in [0.05, 0.1) is 5.25 Å². The second-order valence-electron chi connectivity index (χ2n) is 4.29. The molecule has 1 heterocycles. The average Bonchev–Trinajstić information content (AvgIpc) is 3.13. The topological polar surface area (TPSA) is 103 Å². The molecule has 0 radical (unpaired) electrons. The number of aryl methyl sites for hydroxylation is 1. The Labute approximate surface area is 108 Å². The van der Waals surface area contributed by atoms with Crippen LogP contribution in [0.3, 0.4) is 0 Å². The van der Waals surface area contributed by atoms with E-state index in [0.717, 1.165) is 29.3 Å². The molecule has 0 bridgehead atoms. The van der Waals surface area contributed by atoms with Crippen LogP contribution >= 0.6 is 11.8 Å². The van der Waals surface area contributed by atoms with Crippen molar-refractivity contribution in [3.05, 3.63) is 16.0 Å². The largest absolute Gasteiger partial charge is 0.352 e. The van der Waals surface area contributed by atoms with Crippen molar-refractivity contribution >= 4 is 17.7 Å². The monoisotopic (exact) mass is 269 g/mol. The molecule has 1 saturated carbocycles. The third-order valence-electron chi connectivity index (χ3n) is 2.60. The van der Waals surface area contributed by atoms with E-state index < -0.39 is 5.56 Å². The number of nitrogen functional groups attached to an aromatic ring is 1. The highest BCUT2D eigenvalue weighted by atomic mass is 32.2. The van der Waals surface area contributed by atoms with E-state index in [1.165, 1.54) is 6.92 Å². The van der Waals surface area contributed by atoms with Crippen molar-refractivity contribution in [2.45, 2.75) is 43.1 Å². The Balaban J connectivity index is 2.06. The summed E-state index contributed by atoms with van der Waals surface area (Å²) in [7, 11) is 0. The molecule has 8 heteroatoms. The number of aromatic nitrogens is 3. The number of rotatable bonds is 4. The van der Waals surface area contributed by atoms with Crippen LogP contribution in [0, 0.1) is 6.92 Å². The summed E-state index contributed by atoms with van der Waals surface area (Å²) in [6, 6.07) is 0.310. The van der Waals surface area contributed by atoms with Gasteiger partial charge < -0.3 is 11.2 Å². The maximum absolute atomic E-state index is 11.8. The van der Waals surface area contributed by atoms with Gasteiger partial charge in [0.25, 0.3) is 5.56 Å². The van der Waals surface area contributed by atoms with Crippen molar-refractivity contribution < 1.29 is 4.79 Å². The Morgan fingerprint density at radius 2 is 2.22 bits per heavy atom. The number of hydrogen-bond acceptors (Lipinski definition) is 6. The van der Waals surface area contributed by atoms with E-state index in [1.54, 1.807) is 6.92 Å². The molecule has 1 aliphatic carbocycles. The number of carbonyl (C=O) groups is 1. The zero-order chi connectivity index (χ0) is 13.3. The first-order chi connectivity index (χ1) is 8.49. The predicted molar refractivity (Wildman–Crippen MR) is 67.7 cm³/mol. The summed E-state index contributed by atoms with van der Waals surface area (Å²) in [5.74, 6) is 5.52. The number of hydrogen-bond donors (Lipinski definition) is 2. The standard InChI is InChI=1S/C10H15N5O2S/c1-5-9(17)15(11)10(14-13-5)18-6(2)8(16)12-7-3-4-7/h6-7H,3-4,11H2,1-2H3,(H,12,16)/t6-/m0/s1. The van der Waals surface area contributed by atoms with Gasteiger partial charge in [-0.1, -0.05) is 11.8 Å². The number of nitrogens with zero attached hydrogens (tertiary/aromatic N) is 3. The SMILES string of the molecule is Cc1nnc(S[C@@H](C)C(=O)NC2CC2)n(N)c1=O. The van der Waals surface area contributed by atoms with E-state index in [4.69, 9.17) is 5.84 Å². The maximum atomic E-state index is 11.8. The lowest BCUT2D eigenvalue weighted by molar-refractivity contribution is -0.120. The Bertz CT molecular complexity index is 525. The van der Waals surface area contributed by atoms with E-state index in [-0.39, 0.29) is 22.0 Å². The summed E-state index contributed by atoms with van der Waals surface area (Å²) in [5.41, 5.74) is -0.167. The van der Waals surface area contributed by atoms with Gasteiger partial charge in [-0.3, -0.25) is 9.59 Å². The second-order valence-corrected chi connectivity index (χ2v) is 5.59. The summed E-state index contributed by atoms with van der Waals surface area (Å²) < 4.78 is 0.925. The molecule has 2 rings (SSSR count). The lowest BCUT2D eigenvalue weighted by Crippen LogP contribution is -2.35. The number of carbonyl (C=O) groups excluding carboxylic acids is 1. The van der Waals surface area contributed by atoms with Crippen LogP contribution in [0.4, 0.5) is 0 Å². The predicted octanol–water partition coefficient (Wildman–Crippen LogP) is -0.580. The maximum Gasteiger partial charge on any atom is 0.294 e. The first-order valence-corrected chi connectivity index (χ1v) is 6.55. The van der Waals surface area contributed by atoms with Crippen LogP contribution in [-0.4, -0.2) is 32.1 Å². The minimum absolute atomic E-state index is 0.0719. The van der Waals surface area contributed by atoms with Gasteiger partial charge in [-0.25, -0.2) is 0 Å². The highest BCUT2D eigenvalue weighted by Gasteiger charge is 2.26. The summed E-state index contributed by atoms with van der Waals surface area (Å²) >= 11 is 1.12. The number of amides is 1. The van der Waals surface area contributed by atoms with Crippen LogP contribution in [0.25, 0.3) is 0 Å². The fraction of sp³-hybridized carbons (Fsp3) is 0.600. The van der Waals surface area contributed by atoms with Gasteiger partial charge in [0, 0.05) is 6.04 Å². The Kier molecular flexibility index (Phi) is 3.55. The van der Waals surface area contributed by atoms with Crippen molar-refractivity contribution in [2.24, 2.45) is 0 Å². The van der Waals surface area contributed by atoms with Gasteiger partial charge >= 0.3 is 0 Å². The molecule has 0 aliphatic heterocycles. The highest BCUT2D eigenvalue weighted by Crippen LogP contribution is 2.22. The molecule has 7 nitrogen and oxygen atoms in total. The van der Waals surface area contributed by atoms with Crippen molar-refractivity contribution in [3.63, 3.8) is 0 Å². The molecule has 18 heavy (non-hydrogen) atoms. The molecule has 1 aromatic heterocycles. The molecule has 98 valence electrons. The highest BCUT2D eigenvalue weighted by molar-refractivity contribution is 8.00. The molecule has 0 aromatic carbocycles. The fourth-order valence-electron chi connectivity index (χ4n) is 1.31. The molecule has 0 unspecified atom stereocenters. The average molecular weight is 269 g/mol. The third kappa shape index (κ3) is 2.81. The molecule has 0 spiro atoms. The number of thioether (sulfide) groups is 1. The van der Waals surface area contributed by atoms with E-state index >= 15 is 0 Å². The van der Waals surface area contributed by atoms with Crippen LogP contribution in [0.15, 0.2) is 9.95 Å². The summed E-state index contributed by atoms with van der Waals surface area (Å²) in [6.07, 6.45) is 2.07. The Hall–Kier alpha value is -1.57. The van der Waals surface area contributed by atoms with Gasteiger partial charge in [0.2, 0.25) is 11.1 Å². The first-order valence-electron chi connectivity index (χ1n) is 5.67. The molecule has 1 fully saturated rings. The fourth-order valence-corrected chi connectivity index (χ4v) is 2.08. The summed E-state index contributed by atoms with van der Waals surface area (Å²) in [4.78, 5) is 23.3. The summed E-state index contributed by atoms with van der Waals surface area (Å²) in [5, 5.41) is 10.3. The zero-order valence-electron chi connectivity index (χ0n) is 10.2. The van der Waals surface area contributed by atoms with Crippen molar-refractivity contribution in [2.75, 3.05) is 5.84 Å². The van der Waals surface area contributed by atoms with Gasteiger partial charge in [-0.15, -0.1) is 10.2 Å². The second kappa shape index (κ2) is 4.97. The zero-order valence-corrected chi connectivity index (χ0v) is 11.0. The van der Waals surface area contributed by atoms with E-state index in [0.29, 0.717) is 6.04 Å². The molecule has 0 saturated heterocycles. The first kappa shape index (κ1) is 12.9. The number of nitrogens with one attached hydrogen (secondary N) is 1.